The summed E-state index contributed by atoms with van der Waals surface area (Å²) in [6.07, 6.45) is -5.92. The number of alkyl halides is 3. The van der Waals surface area contributed by atoms with Crippen LogP contribution in [0, 0.1) is 0 Å². The Morgan fingerprint density at radius 3 is 2.37 bits per heavy atom. The van der Waals surface area contributed by atoms with Gasteiger partial charge in [0, 0.05) is 18.4 Å². The first-order valence-corrected chi connectivity index (χ1v) is 14.8. The Labute approximate surface area is 247 Å². The Morgan fingerprint density at radius 1 is 1.16 bits per heavy atom. The minimum absolute atomic E-state index is 0.0274. The predicted molar refractivity (Wildman–Crippen MR) is 149 cm³/mol. The van der Waals surface area contributed by atoms with Crippen molar-refractivity contribution in [2.45, 2.75) is 89.4 Å². The lowest BCUT2D eigenvalue weighted by Crippen LogP contribution is -2.56. The number of anilines is 2. The van der Waals surface area contributed by atoms with E-state index in [-0.39, 0.29) is 41.1 Å². The van der Waals surface area contributed by atoms with Crippen LogP contribution in [-0.2, 0) is 26.1 Å². The first-order chi connectivity index (χ1) is 19.7. The van der Waals surface area contributed by atoms with E-state index in [1.54, 1.807) is 13.8 Å². The van der Waals surface area contributed by atoms with Crippen LogP contribution in [0.1, 0.15) is 48.5 Å². The number of nitrogens with zero attached hydrogens (tertiary/aromatic N) is 3. The van der Waals surface area contributed by atoms with E-state index in [9.17, 15) is 36.3 Å². The van der Waals surface area contributed by atoms with Crippen LogP contribution in [0.5, 0.6) is 11.6 Å². The molecule has 0 spiro atoms. The SMILES string of the molecule is CCOc1nn(CC)cc1S(=O)(=O)N1c2cc(NC(=O)OC(C)(C)C(F)(F)F)ccc2OC(CNC(=O)C(C)(C)O)C1C. The number of halogens is 3. The third kappa shape index (κ3) is 7.26. The van der Waals surface area contributed by atoms with Crippen molar-refractivity contribution in [1.29, 1.82) is 0 Å². The van der Waals surface area contributed by atoms with Crippen LogP contribution in [0.25, 0.3) is 0 Å². The number of hydrogen-bond donors (Lipinski definition) is 3. The summed E-state index contributed by atoms with van der Waals surface area (Å²) in [6.45, 7) is 9.14. The molecule has 2 unspecified atom stereocenters. The molecule has 13 nitrogen and oxygen atoms in total. The molecule has 43 heavy (non-hydrogen) atoms. The van der Waals surface area contributed by atoms with Crippen molar-refractivity contribution in [3.63, 3.8) is 0 Å². The zero-order chi connectivity index (χ0) is 32.5. The van der Waals surface area contributed by atoms with Crippen LogP contribution >= 0.6 is 0 Å². The second kappa shape index (κ2) is 12.1. The third-order valence-corrected chi connectivity index (χ3v) is 8.40. The molecule has 0 fully saturated rings. The number of ether oxygens (including phenoxy) is 3. The number of carbonyl (C=O) groups is 2. The number of rotatable bonds is 10. The average Bonchev–Trinajstić information content (AvgIpc) is 3.29. The molecular formula is C26H36F3N5O8S. The van der Waals surface area contributed by atoms with E-state index in [0.29, 0.717) is 20.4 Å². The maximum atomic E-state index is 14.2. The molecule has 0 aliphatic carbocycles. The van der Waals surface area contributed by atoms with E-state index >= 15 is 0 Å². The van der Waals surface area contributed by atoms with E-state index < -0.39 is 51.5 Å². The van der Waals surface area contributed by atoms with Crippen molar-refractivity contribution < 1.29 is 50.5 Å². The maximum Gasteiger partial charge on any atom is 0.427 e. The molecule has 1 aromatic carbocycles. The van der Waals surface area contributed by atoms with Crippen molar-refractivity contribution in [3.05, 3.63) is 24.4 Å². The lowest BCUT2D eigenvalue weighted by atomic mass is 10.1. The smallest absolute Gasteiger partial charge is 0.427 e. The molecule has 2 aromatic rings. The fourth-order valence-corrected chi connectivity index (χ4v) is 5.73. The number of aryl methyl sites for hydroxylation is 1. The number of aliphatic hydroxyl groups is 1. The molecule has 0 bridgehead atoms. The van der Waals surface area contributed by atoms with E-state index in [1.165, 1.54) is 49.8 Å². The molecule has 240 valence electrons. The third-order valence-electron chi connectivity index (χ3n) is 6.52. The van der Waals surface area contributed by atoms with Crippen molar-refractivity contribution in [2.75, 3.05) is 22.8 Å². The van der Waals surface area contributed by atoms with Gasteiger partial charge in [-0.25, -0.2) is 13.2 Å². The van der Waals surface area contributed by atoms with Gasteiger partial charge >= 0.3 is 12.3 Å². The van der Waals surface area contributed by atoms with Crippen LogP contribution in [0.3, 0.4) is 0 Å². The molecule has 2 heterocycles. The highest BCUT2D eigenvalue weighted by Gasteiger charge is 2.51. The quantitative estimate of drug-likeness (QED) is 0.355. The number of fused-ring (bicyclic) bond motifs is 1. The van der Waals surface area contributed by atoms with Crippen molar-refractivity contribution in [2.24, 2.45) is 0 Å². The van der Waals surface area contributed by atoms with Gasteiger partial charge in [-0.15, -0.1) is 5.10 Å². The average molecular weight is 636 g/mol. The molecule has 1 aromatic heterocycles. The Kier molecular flexibility index (Phi) is 9.51. The summed E-state index contributed by atoms with van der Waals surface area (Å²) in [5.41, 5.74) is -4.65. The van der Waals surface area contributed by atoms with E-state index in [0.717, 1.165) is 4.31 Å². The number of nitrogens with one attached hydrogen (secondary N) is 2. The maximum absolute atomic E-state index is 14.2. The summed E-state index contributed by atoms with van der Waals surface area (Å²) in [5.74, 6) is -0.838. The Morgan fingerprint density at radius 2 is 1.81 bits per heavy atom. The first kappa shape index (κ1) is 33.8. The highest BCUT2D eigenvalue weighted by atomic mass is 32.2. The highest BCUT2D eigenvalue weighted by Crippen LogP contribution is 2.43. The van der Waals surface area contributed by atoms with Crippen LogP contribution in [0.4, 0.5) is 29.3 Å². The van der Waals surface area contributed by atoms with Gasteiger partial charge < -0.3 is 24.6 Å². The molecule has 0 saturated carbocycles. The van der Waals surface area contributed by atoms with Gasteiger partial charge in [-0.2, -0.15) is 13.2 Å². The Balaban J connectivity index is 2.07. The van der Waals surface area contributed by atoms with Crippen molar-refractivity contribution in [1.82, 2.24) is 15.1 Å². The van der Waals surface area contributed by atoms with Crippen molar-refractivity contribution in [3.8, 4) is 11.6 Å². The number of carbonyl (C=O) groups excluding carboxylic acids is 2. The molecule has 3 N–H and O–H groups in total. The van der Waals surface area contributed by atoms with Crippen LogP contribution < -0.4 is 24.4 Å². The Bertz CT molecular complexity index is 1450. The number of aromatic nitrogens is 2. The molecule has 1 aliphatic rings. The minimum Gasteiger partial charge on any atom is -0.484 e. The van der Waals surface area contributed by atoms with Gasteiger partial charge in [-0.1, -0.05) is 0 Å². The summed E-state index contributed by atoms with van der Waals surface area (Å²) >= 11 is 0. The normalized spacial score (nSPS) is 17.5. The van der Waals surface area contributed by atoms with Gasteiger partial charge in [0.2, 0.25) is 5.60 Å². The molecule has 17 heteroatoms. The lowest BCUT2D eigenvalue weighted by Gasteiger charge is -2.41. The minimum atomic E-state index is -4.84. The summed E-state index contributed by atoms with van der Waals surface area (Å²) in [5, 5.41) is 18.9. The van der Waals surface area contributed by atoms with Gasteiger partial charge in [0.05, 0.1) is 24.9 Å². The molecule has 1 aliphatic heterocycles. The summed E-state index contributed by atoms with van der Waals surface area (Å²) in [4.78, 5) is 24.4. The molecular weight excluding hydrogens is 599 g/mol. The summed E-state index contributed by atoms with van der Waals surface area (Å²) < 4.78 is 86.6. The monoisotopic (exact) mass is 635 g/mol. The fraction of sp³-hybridized carbons (Fsp3) is 0.577. The topological polar surface area (TPSA) is 161 Å². The Hall–Kier alpha value is -3.73. The summed E-state index contributed by atoms with van der Waals surface area (Å²) in [6, 6.07) is 2.82. The highest BCUT2D eigenvalue weighted by molar-refractivity contribution is 7.93. The molecule has 0 radical (unpaired) electrons. The second-order valence-corrected chi connectivity index (χ2v) is 12.5. The fourth-order valence-electron chi connectivity index (χ4n) is 3.97. The lowest BCUT2D eigenvalue weighted by molar-refractivity contribution is -0.242. The number of amides is 2. The first-order valence-electron chi connectivity index (χ1n) is 13.4. The second-order valence-electron chi connectivity index (χ2n) is 10.8. The van der Waals surface area contributed by atoms with Gasteiger partial charge in [0.25, 0.3) is 21.8 Å². The number of sulfonamides is 1. The number of benzene rings is 1. The molecule has 2 amide bonds. The zero-order valence-electron chi connectivity index (χ0n) is 24.8. The molecule has 2 atom stereocenters. The van der Waals surface area contributed by atoms with Gasteiger partial charge in [-0.3, -0.25) is 19.1 Å². The largest absolute Gasteiger partial charge is 0.484 e. The van der Waals surface area contributed by atoms with E-state index in [1.807, 2.05) is 0 Å². The molecule has 3 rings (SSSR count). The van der Waals surface area contributed by atoms with Crippen LogP contribution in [-0.4, -0.2) is 78.0 Å². The van der Waals surface area contributed by atoms with Crippen LogP contribution in [0.2, 0.25) is 0 Å². The predicted octanol–water partition coefficient (Wildman–Crippen LogP) is 3.42. The van der Waals surface area contributed by atoms with Crippen LogP contribution in [0.15, 0.2) is 29.3 Å². The van der Waals surface area contributed by atoms with Crippen molar-refractivity contribution >= 4 is 33.4 Å². The summed E-state index contributed by atoms with van der Waals surface area (Å²) in [7, 11) is -4.47. The molecule has 0 saturated heterocycles. The van der Waals surface area contributed by atoms with E-state index in [2.05, 4.69) is 20.5 Å². The van der Waals surface area contributed by atoms with E-state index in [4.69, 9.17) is 9.47 Å². The standard InChI is InChI=1S/C26H36F3N5O8S/c1-8-33-14-20(21(32-33)40-9-2)43(38,39)34-15(3)19(13-30-22(35)24(4,5)37)41-18-11-10-16(12-17(18)34)31-23(36)42-25(6,7)26(27,28)29/h10-12,14-15,19,37H,8-9,13H2,1-7H3,(H,30,35)(H,31,36). The zero-order valence-corrected chi connectivity index (χ0v) is 25.6. The van der Waals surface area contributed by atoms with Gasteiger partial charge in [0.15, 0.2) is 4.90 Å². The van der Waals surface area contributed by atoms with Gasteiger partial charge in [-0.05, 0) is 66.7 Å². The number of hydrogen-bond acceptors (Lipinski definition) is 9. The van der Waals surface area contributed by atoms with Gasteiger partial charge in [0.1, 0.15) is 17.5 Å².